The van der Waals surface area contributed by atoms with Gasteiger partial charge in [0.1, 0.15) is 0 Å². The van der Waals surface area contributed by atoms with Crippen LogP contribution in [-0.2, 0) is 9.59 Å². The number of carbonyl (C=O) groups is 2. The molecule has 0 saturated carbocycles. The number of nitrogens with zero attached hydrogens (tertiary/aromatic N) is 1. The molecule has 1 aliphatic heterocycles. The predicted octanol–water partition coefficient (Wildman–Crippen LogP) is 1.94. The van der Waals surface area contributed by atoms with Crippen molar-refractivity contribution < 1.29 is 14.7 Å². The molecule has 0 aromatic heterocycles. The van der Waals surface area contributed by atoms with Crippen LogP contribution in [0.4, 0.5) is 0 Å². The standard InChI is InChI=1S/C17H32N2O3/c1-5-7-15(21)19-9-6-8-14(11-19)16(22)18-12-17(3,4)10-13(2)20/h13-14,20H,5-12H2,1-4H3,(H,18,22). The summed E-state index contributed by atoms with van der Waals surface area (Å²) in [5, 5.41) is 12.5. The lowest BCUT2D eigenvalue weighted by molar-refractivity contribution is -0.135. The van der Waals surface area contributed by atoms with Crippen molar-refractivity contribution in [3.63, 3.8) is 0 Å². The molecule has 2 unspecified atom stereocenters. The third-order valence-corrected chi connectivity index (χ3v) is 4.20. The average molecular weight is 312 g/mol. The Balaban J connectivity index is 2.46. The highest BCUT2D eigenvalue weighted by molar-refractivity contribution is 5.81. The van der Waals surface area contributed by atoms with Gasteiger partial charge in [-0.1, -0.05) is 20.8 Å². The number of likely N-dealkylation sites (tertiary alicyclic amines) is 1. The molecule has 1 aliphatic rings. The minimum Gasteiger partial charge on any atom is -0.393 e. The van der Waals surface area contributed by atoms with Crippen molar-refractivity contribution in [2.75, 3.05) is 19.6 Å². The summed E-state index contributed by atoms with van der Waals surface area (Å²) in [6.45, 7) is 9.71. The predicted molar refractivity (Wildman–Crippen MR) is 87.3 cm³/mol. The van der Waals surface area contributed by atoms with Crippen molar-refractivity contribution in [1.29, 1.82) is 0 Å². The maximum atomic E-state index is 12.3. The van der Waals surface area contributed by atoms with Crippen LogP contribution in [0.25, 0.3) is 0 Å². The smallest absolute Gasteiger partial charge is 0.224 e. The molecule has 2 atom stereocenters. The maximum absolute atomic E-state index is 12.3. The molecule has 2 amide bonds. The first-order chi connectivity index (χ1) is 10.2. The van der Waals surface area contributed by atoms with Crippen LogP contribution in [0.3, 0.4) is 0 Å². The zero-order valence-electron chi connectivity index (χ0n) is 14.5. The van der Waals surface area contributed by atoms with Crippen LogP contribution < -0.4 is 5.32 Å². The first-order valence-electron chi connectivity index (χ1n) is 8.48. The lowest BCUT2D eigenvalue weighted by atomic mass is 9.86. The van der Waals surface area contributed by atoms with Gasteiger partial charge in [-0.25, -0.2) is 0 Å². The highest BCUT2D eigenvalue weighted by Gasteiger charge is 2.29. The summed E-state index contributed by atoms with van der Waals surface area (Å²) in [7, 11) is 0. The van der Waals surface area contributed by atoms with Crippen LogP contribution in [0.2, 0.25) is 0 Å². The molecular weight excluding hydrogens is 280 g/mol. The number of rotatable bonds is 7. The van der Waals surface area contributed by atoms with E-state index in [1.165, 1.54) is 0 Å². The molecule has 1 saturated heterocycles. The van der Waals surface area contributed by atoms with Crippen molar-refractivity contribution in [3.8, 4) is 0 Å². The highest BCUT2D eigenvalue weighted by atomic mass is 16.3. The zero-order chi connectivity index (χ0) is 16.8. The second-order valence-corrected chi connectivity index (χ2v) is 7.36. The van der Waals surface area contributed by atoms with Gasteiger partial charge in [0.15, 0.2) is 0 Å². The highest BCUT2D eigenvalue weighted by Crippen LogP contribution is 2.22. The molecule has 5 heteroatoms. The number of aliphatic hydroxyl groups is 1. The van der Waals surface area contributed by atoms with Crippen molar-refractivity contribution in [2.24, 2.45) is 11.3 Å². The molecule has 1 heterocycles. The zero-order valence-corrected chi connectivity index (χ0v) is 14.5. The summed E-state index contributed by atoms with van der Waals surface area (Å²) in [6, 6.07) is 0. The number of aliphatic hydroxyl groups excluding tert-OH is 1. The van der Waals surface area contributed by atoms with Crippen molar-refractivity contribution in [1.82, 2.24) is 10.2 Å². The molecule has 22 heavy (non-hydrogen) atoms. The molecular formula is C17H32N2O3. The van der Waals surface area contributed by atoms with Crippen LogP contribution in [0, 0.1) is 11.3 Å². The van der Waals surface area contributed by atoms with Gasteiger partial charge in [0.05, 0.1) is 12.0 Å². The monoisotopic (exact) mass is 312 g/mol. The lowest BCUT2D eigenvalue weighted by Crippen LogP contribution is -2.47. The largest absolute Gasteiger partial charge is 0.393 e. The fourth-order valence-electron chi connectivity index (χ4n) is 3.13. The summed E-state index contributed by atoms with van der Waals surface area (Å²) in [6.07, 6.45) is 3.43. The van der Waals surface area contributed by atoms with Crippen LogP contribution in [0.5, 0.6) is 0 Å². The molecule has 0 aromatic rings. The molecule has 0 aliphatic carbocycles. The summed E-state index contributed by atoms with van der Waals surface area (Å²) in [5.74, 6) is 0.0963. The van der Waals surface area contributed by atoms with Gasteiger partial charge in [0.2, 0.25) is 11.8 Å². The Bertz CT molecular complexity index is 380. The number of hydrogen-bond donors (Lipinski definition) is 2. The van der Waals surface area contributed by atoms with Crippen LogP contribution in [0.15, 0.2) is 0 Å². The molecule has 1 rings (SSSR count). The molecule has 128 valence electrons. The summed E-state index contributed by atoms with van der Waals surface area (Å²) < 4.78 is 0. The maximum Gasteiger partial charge on any atom is 0.224 e. The van der Waals surface area contributed by atoms with E-state index < -0.39 is 0 Å². The summed E-state index contributed by atoms with van der Waals surface area (Å²) in [4.78, 5) is 26.1. The van der Waals surface area contributed by atoms with E-state index in [0.29, 0.717) is 25.9 Å². The molecule has 0 spiro atoms. The minimum atomic E-state index is -0.372. The van der Waals surface area contributed by atoms with Crippen LogP contribution in [-0.4, -0.2) is 47.6 Å². The Kier molecular flexibility index (Phi) is 7.33. The number of carbonyl (C=O) groups excluding carboxylic acids is 2. The van der Waals surface area contributed by atoms with Crippen LogP contribution in [0.1, 0.15) is 59.8 Å². The topological polar surface area (TPSA) is 69.6 Å². The van der Waals surface area contributed by atoms with E-state index >= 15 is 0 Å². The second-order valence-electron chi connectivity index (χ2n) is 7.36. The van der Waals surface area contributed by atoms with Crippen LogP contribution >= 0.6 is 0 Å². The Morgan fingerprint density at radius 2 is 2.09 bits per heavy atom. The minimum absolute atomic E-state index is 0.0349. The number of hydrogen-bond acceptors (Lipinski definition) is 3. The van der Waals surface area contributed by atoms with Gasteiger partial charge < -0.3 is 15.3 Å². The van der Waals surface area contributed by atoms with E-state index in [4.69, 9.17) is 0 Å². The molecule has 0 radical (unpaired) electrons. The molecule has 2 N–H and O–H groups in total. The van der Waals surface area contributed by atoms with Gasteiger partial charge in [-0.15, -0.1) is 0 Å². The van der Waals surface area contributed by atoms with E-state index in [9.17, 15) is 14.7 Å². The van der Waals surface area contributed by atoms with Crippen molar-refractivity contribution in [3.05, 3.63) is 0 Å². The molecule has 0 bridgehead atoms. The van der Waals surface area contributed by atoms with E-state index in [0.717, 1.165) is 25.8 Å². The van der Waals surface area contributed by atoms with Gasteiger partial charge in [-0.3, -0.25) is 9.59 Å². The van der Waals surface area contributed by atoms with Gasteiger partial charge in [-0.05, 0) is 38.0 Å². The Morgan fingerprint density at radius 1 is 1.41 bits per heavy atom. The molecule has 5 nitrogen and oxygen atoms in total. The second kappa shape index (κ2) is 8.51. The van der Waals surface area contributed by atoms with Gasteiger partial charge in [0, 0.05) is 26.1 Å². The Labute approximate surface area is 134 Å². The fraction of sp³-hybridized carbons (Fsp3) is 0.882. The Hall–Kier alpha value is -1.10. The normalized spacial score (nSPS) is 20.6. The van der Waals surface area contributed by atoms with Crippen molar-refractivity contribution >= 4 is 11.8 Å². The third-order valence-electron chi connectivity index (χ3n) is 4.20. The van der Waals surface area contributed by atoms with E-state index in [-0.39, 0.29) is 29.3 Å². The first kappa shape index (κ1) is 18.9. The molecule has 1 fully saturated rings. The van der Waals surface area contributed by atoms with Gasteiger partial charge >= 0.3 is 0 Å². The summed E-state index contributed by atoms with van der Waals surface area (Å²) in [5.41, 5.74) is -0.129. The number of nitrogens with one attached hydrogen (secondary N) is 1. The van der Waals surface area contributed by atoms with Gasteiger partial charge in [0.25, 0.3) is 0 Å². The third kappa shape index (κ3) is 6.34. The van der Waals surface area contributed by atoms with Crippen molar-refractivity contribution in [2.45, 2.75) is 65.9 Å². The van der Waals surface area contributed by atoms with E-state index in [1.807, 2.05) is 25.7 Å². The fourth-order valence-corrected chi connectivity index (χ4v) is 3.13. The molecule has 0 aromatic carbocycles. The quantitative estimate of drug-likeness (QED) is 0.755. The average Bonchev–Trinajstić information content (AvgIpc) is 2.44. The van der Waals surface area contributed by atoms with Gasteiger partial charge in [-0.2, -0.15) is 0 Å². The summed E-state index contributed by atoms with van der Waals surface area (Å²) >= 11 is 0. The number of amides is 2. The van der Waals surface area contributed by atoms with E-state index in [1.54, 1.807) is 6.92 Å². The first-order valence-corrected chi connectivity index (χ1v) is 8.48. The SMILES string of the molecule is CCCC(=O)N1CCCC(C(=O)NCC(C)(C)CC(C)O)C1. The Morgan fingerprint density at radius 3 is 2.68 bits per heavy atom. The lowest BCUT2D eigenvalue weighted by Gasteiger charge is -2.33. The van der Waals surface area contributed by atoms with E-state index in [2.05, 4.69) is 5.32 Å². The number of piperidine rings is 1.